The van der Waals surface area contributed by atoms with Gasteiger partial charge < -0.3 is 19.4 Å². The Hall–Kier alpha value is -3.87. The zero-order chi connectivity index (χ0) is 25.8. The Balaban J connectivity index is 0.000000655. The van der Waals surface area contributed by atoms with Crippen molar-refractivity contribution in [1.29, 1.82) is 0 Å². The lowest BCUT2D eigenvalue weighted by atomic mass is 9.93. The maximum Gasteiger partial charge on any atom is 0.219 e. The van der Waals surface area contributed by atoms with Gasteiger partial charge in [-0.2, -0.15) is 0 Å². The highest BCUT2D eigenvalue weighted by Crippen LogP contribution is 2.39. The molecule has 0 radical (unpaired) electrons. The van der Waals surface area contributed by atoms with Crippen LogP contribution in [0.25, 0.3) is 21.8 Å². The summed E-state index contributed by atoms with van der Waals surface area (Å²) in [5, 5.41) is 2.90. The average molecular weight is 514 g/mol. The van der Waals surface area contributed by atoms with Gasteiger partial charge in [-0.15, -0.1) is 0 Å². The van der Waals surface area contributed by atoms with E-state index < -0.39 is 0 Å². The summed E-state index contributed by atoms with van der Waals surface area (Å²) >= 11 is 6.24. The number of aromatic amines is 1. The molecule has 3 heterocycles. The van der Waals surface area contributed by atoms with Crippen molar-refractivity contribution >= 4 is 39.8 Å². The number of hydrogen-bond donors (Lipinski definition) is 1. The van der Waals surface area contributed by atoms with Gasteiger partial charge in [-0.25, -0.2) is 4.98 Å². The van der Waals surface area contributed by atoms with Crippen LogP contribution in [0.3, 0.4) is 0 Å². The lowest BCUT2D eigenvalue weighted by Crippen LogP contribution is -2.34. The summed E-state index contributed by atoms with van der Waals surface area (Å²) < 4.78 is 10.5. The molecule has 2 aromatic heterocycles. The average Bonchev–Trinajstić information content (AvgIpc) is 3.31. The van der Waals surface area contributed by atoms with Gasteiger partial charge in [0.1, 0.15) is 5.75 Å². The summed E-state index contributed by atoms with van der Waals surface area (Å²) in [6, 6.07) is 25.3. The van der Waals surface area contributed by atoms with Crippen LogP contribution in [0.1, 0.15) is 29.8 Å². The number of ether oxygens (including phenoxy) is 2. The van der Waals surface area contributed by atoms with Crippen molar-refractivity contribution in [1.82, 2.24) is 14.9 Å². The first-order valence-corrected chi connectivity index (χ1v) is 12.6. The molecular formula is C30H28ClN3O3. The van der Waals surface area contributed by atoms with E-state index in [0.717, 1.165) is 52.5 Å². The molecule has 1 atom stereocenters. The SMILES string of the molecule is CCOC.O=CN1CCc2c([nH]c3ccc(Cl)cc23)C1c1ccc(Oc2ccc3ccccc3n2)cc1. The number of fused-ring (bicyclic) bond motifs is 4. The van der Waals surface area contributed by atoms with Gasteiger partial charge in [0.05, 0.1) is 11.6 Å². The lowest BCUT2D eigenvalue weighted by molar-refractivity contribution is -0.120. The van der Waals surface area contributed by atoms with Crippen LogP contribution in [-0.4, -0.2) is 41.5 Å². The maximum atomic E-state index is 11.9. The number of H-pyrrole nitrogens is 1. The highest BCUT2D eigenvalue weighted by Gasteiger charge is 2.31. The Morgan fingerprint density at radius 1 is 1.08 bits per heavy atom. The number of pyridine rings is 1. The largest absolute Gasteiger partial charge is 0.439 e. The highest BCUT2D eigenvalue weighted by atomic mass is 35.5. The van der Waals surface area contributed by atoms with Gasteiger partial charge in [-0.1, -0.05) is 41.9 Å². The van der Waals surface area contributed by atoms with Crippen molar-refractivity contribution in [2.24, 2.45) is 0 Å². The quantitative estimate of drug-likeness (QED) is 0.259. The first-order chi connectivity index (χ1) is 18.1. The van der Waals surface area contributed by atoms with Crippen molar-refractivity contribution < 1.29 is 14.3 Å². The Morgan fingerprint density at radius 3 is 2.62 bits per heavy atom. The molecule has 1 amide bonds. The number of benzene rings is 3. The number of amides is 1. The predicted molar refractivity (Wildman–Crippen MR) is 147 cm³/mol. The monoisotopic (exact) mass is 513 g/mol. The number of aromatic nitrogens is 2. The Kier molecular flexibility index (Phi) is 7.40. The van der Waals surface area contributed by atoms with Gasteiger partial charge in [-0.05, 0) is 66.9 Å². The van der Waals surface area contributed by atoms with Crippen LogP contribution < -0.4 is 4.74 Å². The van der Waals surface area contributed by atoms with E-state index >= 15 is 0 Å². The molecule has 1 aliphatic rings. The van der Waals surface area contributed by atoms with Crippen molar-refractivity contribution in [3.8, 4) is 11.6 Å². The minimum Gasteiger partial charge on any atom is -0.439 e. The number of nitrogens with one attached hydrogen (secondary N) is 1. The maximum absolute atomic E-state index is 11.9. The van der Waals surface area contributed by atoms with Crippen LogP contribution in [0.4, 0.5) is 0 Å². The molecule has 6 rings (SSSR count). The van der Waals surface area contributed by atoms with E-state index in [4.69, 9.17) is 16.3 Å². The number of para-hydroxylation sites is 1. The van der Waals surface area contributed by atoms with Crippen LogP contribution in [0, 0.1) is 0 Å². The minimum absolute atomic E-state index is 0.190. The number of carbonyl (C=O) groups is 1. The predicted octanol–water partition coefficient (Wildman–Crippen LogP) is 6.92. The zero-order valence-corrected chi connectivity index (χ0v) is 21.5. The Labute approximate surface area is 220 Å². The van der Waals surface area contributed by atoms with Crippen molar-refractivity contribution in [3.05, 3.63) is 101 Å². The van der Waals surface area contributed by atoms with Crippen LogP contribution >= 0.6 is 11.6 Å². The second kappa shape index (κ2) is 11.0. The molecule has 0 saturated carbocycles. The van der Waals surface area contributed by atoms with Crippen LogP contribution in [-0.2, 0) is 16.0 Å². The van der Waals surface area contributed by atoms with Crippen molar-refractivity contribution in [2.75, 3.05) is 20.3 Å². The molecule has 5 aromatic rings. The molecule has 3 aromatic carbocycles. The molecule has 7 heteroatoms. The topological polar surface area (TPSA) is 67.5 Å². The van der Waals surface area contributed by atoms with Gasteiger partial charge in [0, 0.05) is 53.3 Å². The third-order valence-corrected chi connectivity index (χ3v) is 6.78. The fourth-order valence-corrected chi connectivity index (χ4v) is 4.87. The van der Waals surface area contributed by atoms with E-state index in [-0.39, 0.29) is 6.04 Å². The van der Waals surface area contributed by atoms with E-state index in [9.17, 15) is 4.79 Å². The van der Waals surface area contributed by atoms with Gasteiger partial charge in [0.2, 0.25) is 12.3 Å². The molecular weight excluding hydrogens is 486 g/mol. The standard InChI is InChI=1S/C27H20ClN3O2.C3H8O/c28-19-8-11-24-22(15-19)21-13-14-31(16-32)27(26(21)30-24)18-5-9-20(10-6-18)33-25-12-7-17-3-1-2-4-23(17)29-25;1-3-4-2/h1-12,15-16,27,30H,13-14H2;3H2,1-2H3. The first-order valence-electron chi connectivity index (χ1n) is 12.2. The molecule has 0 fully saturated rings. The number of hydrogen-bond acceptors (Lipinski definition) is 4. The van der Waals surface area contributed by atoms with Crippen molar-refractivity contribution in [3.63, 3.8) is 0 Å². The Morgan fingerprint density at radius 2 is 1.86 bits per heavy atom. The van der Waals surface area contributed by atoms with Crippen LogP contribution in [0.15, 0.2) is 78.9 Å². The molecule has 1 N–H and O–H groups in total. The molecule has 37 heavy (non-hydrogen) atoms. The van der Waals surface area contributed by atoms with E-state index in [0.29, 0.717) is 23.2 Å². The summed E-state index contributed by atoms with van der Waals surface area (Å²) in [4.78, 5) is 21.8. The summed E-state index contributed by atoms with van der Waals surface area (Å²) in [5.41, 5.74) is 5.19. The fourth-order valence-electron chi connectivity index (χ4n) is 4.69. The summed E-state index contributed by atoms with van der Waals surface area (Å²) in [7, 11) is 1.68. The number of methoxy groups -OCH3 is 1. The third kappa shape index (κ3) is 5.17. The van der Waals surface area contributed by atoms with Gasteiger partial charge >= 0.3 is 0 Å². The molecule has 1 unspecified atom stereocenters. The van der Waals surface area contributed by atoms with E-state index in [1.165, 1.54) is 5.56 Å². The molecule has 0 bridgehead atoms. The fraction of sp³-hybridized carbons (Fsp3) is 0.200. The smallest absolute Gasteiger partial charge is 0.219 e. The summed E-state index contributed by atoms with van der Waals surface area (Å²) in [6.45, 7) is 3.43. The van der Waals surface area contributed by atoms with Crippen molar-refractivity contribution in [2.45, 2.75) is 19.4 Å². The van der Waals surface area contributed by atoms with Gasteiger partial charge in [0.15, 0.2) is 0 Å². The molecule has 0 saturated heterocycles. The van der Waals surface area contributed by atoms with E-state index in [1.54, 1.807) is 7.11 Å². The Bertz CT molecular complexity index is 1530. The normalized spacial score (nSPS) is 14.7. The van der Waals surface area contributed by atoms with E-state index in [1.807, 2.05) is 90.7 Å². The molecule has 188 valence electrons. The molecule has 6 nitrogen and oxygen atoms in total. The second-order valence-corrected chi connectivity index (χ2v) is 9.23. The third-order valence-electron chi connectivity index (χ3n) is 6.54. The van der Waals surface area contributed by atoms with Crippen LogP contribution in [0.5, 0.6) is 11.6 Å². The second-order valence-electron chi connectivity index (χ2n) is 8.79. The number of rotatable bonds is 5. The highest BCUT2D eigenvalue weighted by molar-refractivity contribution is 6.31. The lowest BCUT2D eigenvalue weighted by Gasteiger charge is -2.33. The van der Waals surface area contributed by atoms with Gasteiger partial charge in [0.25, 0.3) is 0 Å². The summed E-state index contributed by atoms with van der Waals surface area (Å²) in [6.07, 6.45) is 1.72. The minimum atomic E-state index is -0.190. The zero-order valence-electron chi connectivity index (χ0n) is 20.8. The number of nitrogens with zero attached hydrogens (tertiary/aromatic N) is 2. The first kappa shape index (κ1) is 24.8. The summed E-state index contributed by atoms with van der Waals surface area (Å²) in [5.74, 6) is 1.24. The van der Waals surface area contributed by atoms with E-state index in [2.05, 4.69) is 14.7 Å². The number of halogens is 1. The molecule has 0 spiro atoms. The molecule has 0 aliphatic carbocycles. The molecule has 1 aliphatic heterocycles. The van der Waals surface area contributed by atoms with Gasteiger partial charge in [-0.3, -0.25) is 4.79 Å². The van der Waals surface area contributed by atoms with Crippen LogP contribution in [0.2, 0.25) is 5.02 Å². The number of carbonyl (C=O) groups excluding carboxylic acids is 1.